The highest BCUT2D eigenvalue weighted by atomic mass is 79.9. The van der Waals surface area contributed by atoms with Crippen molar-refractivity contribution in [1.29, 1.82) is 0 Å². The lowest BCUT2D eigenvalue weighted by Crippen LogP contribution is -2.26. The molecule has 0 aromatic heterocycles. The zero-order valence-corrected chi connectivity index (χ0v) is 12.0. The third-order valence-electron chi connectivity index (χ3n) is 2.57. The van der Waals surface area contributed by atoms with Gasteiger partial charge in [-0.1, -0.05) is 35.8 Å². The first-order valence-corrected chi connectivity index (χ1v) is 6.31. The van der Waals surface area contributed by atoms with E-state index in [1.54, 1.807) is 0 Å². The Kier molecular flexibility index (Phi) is 4.57. The maximum Gasteiger partial charge on any atom is 0.303 e. The molecule has 94 valence electrons. The molecule has 0 saturated heterocycles. The first-order valence-electron chi connectivity index (χ1n) is 5.52. The Labute approximate surface area is 110 Å². The number of hydrogen-bond donors (Lipinski definition) is 2. The van der Waals surface area contributed by atoms with Gasteiger partial charge in [-0.2, -0.15) is 0 Å². The van der Waals surface area contributed by atoms with Gasteiger partial charge in [0.1, 0.15) is 0 Å². The molecular weight excluding hydrogens is 282 g/mol. The summed E-state index contributed by atoms with van der Waals surface area (Å²) < 4.78 is 1.05. The average molecular weight is 300 g/mol. The summed E-state index contributed by atoms with van der Waals surface area (Å²) in [5.74, 6) is -0.762. The molecule has 0 aliphatic carbocycles. The third kappa shape index (κ3) is 4.77. The highest BCUT2D eigenvalue weighted by Gasteiger charge is 2.21. The van der Waals surface area contributed by atoms with Crippen LogP contribution in [-0.4, -0.2) is 17.6 Å². The lowest BCUT2D eigenvalue weighted by atomic mass is 9.89. The van der Waals surface area contributed by atoms with Crippen molar-refractivity contribution in [2.45, 2.75) is 27.2 Å². The van der Waals surface area contributed by atoms with Gasteiger partial charge in [-0.15, -0.1) is 0 Å². The number of benzene rings is 1. The molecule has 3 nitrogen and oxygen atoms in total. The van der Waals surface area contributed by atoms with Gasteiger partial charge in [0.25, 0.3) is 0 Å². The Morgan fingerprint density at radius 3 is 2.65 bits per heavy atom. The van der Waals surface area contributed by atoms with Crippen molar-refractivity contribution in [2.24, 2.45) is 5.41 Å². The smallest absolute Gasteiger partial charge is 0.303 e. The van der Waals surface area contributed by atoms with Gasteiger partial charge in [-0.3, -0.25) is 4.79 Å². The van der Waals surface area contributed by atoms with Crippen LogP contribution >= 0.6 is 15.9 Å². The Morgan fingerprint density at radius 1 is 1.47 bits per heavy atom. The summed E-state index contributed by atoms with van der Waals surface area (Å²) in [5, 5.41) is 12.1. The molecule has 0 amide bonds. The molecule has 0 aliphatic rings. The lowest BCUT2D eigenvalue weighted by Gasteiger charge is -2.23. The van der Waals surface area contributed by atoms with Crippen LogP contribution in [0, 0.1) is 12.3 Å². The normalized spacial score (nSPS) is 11.3. The Bertz CT molecular complexity index is 416. The second-order valence-corrected chi connectivity index (χ2v) is 5.91. The van der Waals surface area contributed by atoms with Crippen molar-refractivity contribution < 1.29 is 9.90 Å². The van der Waals surface area contributed by atoms with Gasteiger partial charge >= 0.3 is 5.97 Å². The molecule has 0 radical (unpaired) electrons. The van der Waals surface area contributed by atoms with E-state index < -0.39 is 5.97 Å². The topological polar surface area (TPSA) is 49.3 Å². The highest BCUT2D eigenvalue weighted by molar-refractivity contribution is 9.10. The van der Waals surface area contributed by atoms with E-state index in [0.717, 1.165) is 10.2 Å². The first kappa shape index (κ1) is 14.0. The maximum atomic E-state index is 10.7. The minimum Gasteiger partial charge on any atom is -0.481 e. The lowest BCUT2D eigenvalue weighted by molar-refractivity contribution is -0.139. The van der Waals surface area contributed by atoms with Gasteiger partial charge in [-0.05, 0) is 30.0 Å². The minimum atomic E-state index is -0.762. The molecule has 0 atom stereocenters. The fourth-order valence-corrected chi connectivity index (χ4v) is 1.89. The van der Waals surface area contributed by atoms with Crippen molar-refractivity contribution in [3.63, 3.8) is 0 Å². The van der Waals surface area contributed by atoms with Crippen LogP contribution in [0.15, 0.2) is 22.7 Å². The molecule has 0 saturated carbocycles. The molecule has 4 heteroatoms. The summed E-state index contributed by atoms with van der Waals surface area (Å²) in [6.45, 7) is 6.55. The van der Waals surface area contributed by atoms with Crippen LogP contribution in [0.3, 0.4) is 0 Å². The molecule has 0 unspecified atom stereocenters. The molecule has 1 aromatic rings. The predicted molar refractivity (Wildman–Crippen MR) is 73.4 cm³/mol. The number of aryl methyl sites for hydroxylation is 1. The Balaban J connectivity index is 2.60. The Morgan fingerprint density at radius 2 is 2.12 bits per heavy atom. The standard InChI is InChI=1S/C13H18BrNO2/c1-9-4-5-10(6-11(9)14)15-8-13(2,3)7-12(16)17/h4-6,15H,7-8H2,1-3H3,(H,16,17). The van der Waals surface area contributed by atoms with E-state index in [2.05, 4.69) is 21.2 Å². The molecule has 17 heavy (non-hydrogen) atoms. The molecule has 0 bridgehead atoms. The third-order valence-corrected chi connectivity index (χ3v) is 3.43. The van der Waals surface area contributed by atoms with Gasteiger partial charge in [-0.25, -0.2) is 0 Å². The predicted octanol–water partition coefficient (Wildman–Crippen LogP) is 3.67. The summed E-state index contributed by atoms with van der Waals surface area (Å²) in [5.41, 5.74) is 1.92. The Hall–Kier alpha value is -1.03. The van der Waals surface area contributed by atoms with Crippen LogP contribution in [0.4, 0.5) is 5.69 Å². The number of anilines is 1. The molecule has 1 rings (SSSR count). The summed E-state index contributed by atoms with van der Waals surface area (Å²) >= 11 is 3.47. The minimum absolute atomic E-state index is 0.160. The van der Waals surface area contributed by atoms with E-state index in [-0.39, 0.29) is 11.8 Å². The number of carbonyl (C=O) groups is 1. The van der Waals surface area contributed by atoms with Crippen LogP contribution in [-0.2, 0) is 4.79 Å². The van der Waals surface area contributed by atoms with E-state index in [0.29, 0.717) is 6.54 Å². The maximum absolute atomic E-state index is 10.7. The van der Waals surface area contributed by atoms with Gasteiger partial charge in [0.2, 0.25) is 0 Å². The second-order valence-electron chi connectivity index (χ2n) is 5.05. The molecule has 0 spiro atoms. The van der Waals surface area contributed by atoms with E-state index in [1.807, 2.05) is 39.0 Å². The number of hydrogen-bond acceptors (Lipinski definition) is 2. The first-order chi connectivity index (χ1) is 7.80. The number of nitrogens with one attached hydrogen (secondary N) is 1. The monoisotopic (exact) mass is 299 g/mol. The van der Waals surface area contributed by atoms with Crippen LogP contribution < -0.4 is 5.32 Å². The van der Waals surface area contributed by atoms with Crippen LogP contribution in [0.1, 0.15) is 25.8 Å². The van der Waals surface area contributed by atoms with Crippen molar-refractivity contribution in [1.82, 2.24) is 0 Å². The zero-order chi connectivity index (χ0) is 13.1. The van der Waals surface area contributed by atoms with Crippen molar-refractivity contribution in [3.8, 4) is 0 Å². The number of carboxylic acids is 1. The van der Waals surface area contributed by atoms with E-state index in [4.69, 9.17) is 5.11 Å². The van der Waals surface area contributed by atoms with Crippen molar-refractivity contribution >= 4 is 27.6 Å². The summed E-state index contributed by atoms with van der Waals surface area (Å²) in [6, 6.07) is 6.03. The van der Waals surface area contributed by atoms with Crippen LogP contribution in [0.5, 0.6) is 0 Å². The molecular formula is C13H18BrNO2. The summed E-state index contributed by atoms with van der Waals surface area (Å²) in [4.78, 5) is 10.7. The molecule has 2 N–H and O–H groups in total. The van der Waals surface area contributed by atoms with Gasteiger partial charge in [0.05, 0.1) is 6.42 Å². The largest absolute Gasteiger partial charge is 0.481 e. The molecule has 1 aromatic carbocycles. The fraction of sp³-hybridized carbons (Fsp3) is 0.462. The van der Waals surface area contributed by atoms with Crippen molar-refractivity contribution in [3.05, 3.63) is 28.2 Å². The van der Waals surface area contributed by atoms with E-state index in [9.17, 15) is 4.79 Å². The van der Waals surface area contributed by atoms with Crippen LogP contribution in [0.25, 0.3) is 0 Å². The van der Waals surface area contributed by atoms with Gasteiger partial charge in [0.15, 0.2) is 0 Å². The molecule has 0 heterocycles. The fourth-order valence-electron chi connectivity index (χ4n) is 1.52. The quantitative estimate of drug-likeness (QED) is 0.872. The van der Waals surface area contributed by atoms with E-state index >= 15 is 0 Å². The number of halogens is 1. The van der Waals surface area contributed by atoms with Crippen LogP contribution in [0.2, 0.25) is 0 Å². The zero-order valence-electron chi connectivity index (χ0n) is 10.4. The van der Waals surface area contributed by atoms with E-state index in [1.165, 1.54) is 5.56 Å². The van der Waals surface area contributed by atoms with Gasteiger partial charge in [0, 0.05) is 16.7 Å². The number of aliphatic carboxylic acids is 1. The average Bonchev–Trinajstić information content (AvgIpc) is 2.18. The molecule has 0 fully saturated rings. The van der Waals surface area contributed by atoms with Gasteiger partial charge < -0.3 is 10.4 Å². The summed E-state index contributed by atoms with van der Waals surface area (Å²) in [6.07, 6.45) is 0.160. The van der Waals surface area contributed by atoms with Crippen molar-refractivity contribution in [2.75, 3.05) is 11.9 Å². The highest BCUT2D eigenvalue weighted by Crippen LogP contribution is 2.24. The summed E-state index contributed by atoms with van der Waals surface area (Å²) in [7, 11) is 0. The second kappa shape index (κ2) is 5.54. The number of carboxylic acid groups (broad SMARTS) is 1. The molecule has 0 aliphatic heterocycles. The SMILES string of the molecule is Cc1ccc(NCC(C)(C)CC(=O)O)cc1Br. The number of rotatable bonds is 5.